The van der Waals surface area contributed by atoms with Gasteiger partial charge in [0.1, 0.15) is 6.10 Å². The van der Waals surface area contributed by atoms with Crippen molar-refractivity contribution in [2.45, 2.75) is 58.5 Å². The Morgan fingerprint density at radius 2 is 1.75 bits per heavy atom. The van der Waals surface area contributed by atoms with Gasteiger partial charge < -0.3 is 10.5 Å². The van der Waals surface area contributed by atoms with Crippen LogP contribution in [0.1, 0.15) is 61.0 Å². The van der Waals surface area contributed by atoms with E-state index in [1.807, 2.05) is 0 Å². The monoisotopic (exact) mass is 277 g/mol. The van der Waals surface area contributed by atoms with Gasteiger partial charge in [-0.05, 0) is 51.1 Å². The smallest absolute Gasteiger partial charge is 0.157 e. The van der Waals surface area contributed by atoms with Gasteiger partial charge in [-0.3, -0.25) is 0 Å². The summed E-state index contributed by atoms with van der Waals surface area (Å²) < 4.78 is 5.74. The summed E-state index contributed by atoms with van der Waals surface area (Å²) in [5, 5.41) is 0. The molecule has 1 fully saturated rings. The van der Waals surface area contributed by atoms with Gasteiger partial charge in [0.2, 0.25) is 0 Å². The van der Waals surface area contributed by atoms with Gasteiger partial charge in [0.15, 0.2) is 5.82 Å². The molecule has 1 heterocycles. The molecule has 112 valence electrons. The quantitative estimate of drug-likeness (QED) is 0.899. The lowest BCUT2D eigenvalue weighted by atomic mass is 9.84. The second-order valence-electron chi connectivity index (χ2n) is 5.82. The summed E-state index contributed by atoms with van der Waals surface area (Å²) in [5.41, 5.74) is 8.95. The van der Waals surface area contributed by atoms with Gasteiger partial charge in [-0.25, -0.2) is 9.97 Å². The van der Waals surface area contributed by atoms with Crippen LogP contribution in [0, 0.1) is 19.8 Å². The van der Waals surface area contributed by atoms with Gasteiger partial charge in [-0.15, -0.1) is 0 Å². The molecular weight excluding hydrogens is 250 g/mol. The number of rotatable bonds is 5. The number of hydrogen-bond acceptors (Lipinski definition) is 4. The Bertz CT molecular complexity index is 418. The number of nitrogens with two attached hydrogens (primary N) is 1. The minimum atomic E-state index is 0.0413. The van der Waals surface area contributed by atoms with Crippen LogP contribution in [0.4, 0.5) is 0 Å². The first-order chi connectivity index (χ1) is 9.67. The minimum absolute atomic E-state index is 0.0413. The molecule has 0 radical (unpaired) electrons. The number of nitrogens with zero attached hydrogens (tertiary/aromatic N) is 2. The van der Waals surface area contributed by atoms with Crippen LogP contribution in [-0.4, -0.2) is 23.6 Å². The van der Waals surface area contributed by atoms with Crippen LogP contribution in [0.3, 0.4) is 0 Å². The molecule has 0 amide bonds. The zero-order chi connectivity index (χ0) is 14.5. The van der Waals surface area contributed by atoms with Crippen LogP contribution in [0.2, 0.25) is 0 Å². The maximum Gasteiger partial charge on any atom is 0.157 e. The first kappa shape index (κ1) is 15.4. The van der Waals surface area contributed by atoms with Crippen molar-refractivity contribution in [3.8, 4) is 0 Å². The molecule has 0 aromatic carbocycles. The van der Waals surface area contributed by atoms with Crippen molar-refractivity contribution in [3.05, 3.63) is 22.8 Å². The summed E-state index contributed by atoms with van der Waals surface area (Å²) >= 11 is 0. The minimum Gasteiger partial charge on any atom is -0.373 e. The Hall–Kier alpha value is -1.00. The molecule has 1 aromatic heterocycles. The third kappa shape index (κ3) is 3.36. The van der Waals surface area contributed by atoms with Crippen molar-refractivity contribution < 1.29 is 4.74 Å². The van der Waals surface area contributed by atoms with Gasteiger partial charge in [0.25, 0.3) is 0 Å². The summed E-state index contributed by atoms with van der Waals surface area (Å²) in [7, 11) is 1.78. The van der Waals surface area contributed by atoms with Gasteiger partial charge >= 0.3 is 0 Å². The molecular formula is C16H27N3O. The second-order valence-corrected chi connectivity index (χ2v) is 5.82. The molecule has 2 N–H and O–H groups in total. The molecule has 20 heavy (non-hydrogen) atoms. The van der Waals surface area contributed by atoms with Crippen LogP contribution >= 0.6 is 0 Å². The van der Waals surface area contributed by atoms with E-state index in [-0.39, 0.29) is 6.10 Å². The van der Waals surface area contributed by atoms with E-state index in [1.54, 1.807) is 7.11 Å². The maximum atomic E-state index is 5.74. The molecule has 1 aliphatic carbocycles. The second kappa shape index (κ2) is 7.14. The summed E-state index contributed by atoms with van der Waals surface area (Å²) in [6.45, 7) is 4.74. The van der Waals surface area contributed by atoms with Gasteiger partial charge in [-0.2, -0.15) is 0 Å². The van der Waals surface area contributed by atoms with Crippen LogP contribution in [0.5, 0.6) is 0 Å². The Labute approximate surface area is 122 Å². The van der Waals surface area contributed by atoms with Crippen LogP contribution < -0.4 is 5.73 Å². The van der Waals surface area contributed by atoms with Gasteiger partial charge in [-0.1, -0.05) is 19.3 Å². The van der Waals surface area contributed by atoms with E-state index in [4.69, 9.17) is 20.4 Å². The van der Waals surface area contributed by atoms with Crippen LogP contribution in [0.25, 0.3) is 0 Å². The number of methoxy groups -OCH3 is 1. The van der Waals surface area contributed by atoms with Crippen molar-refractivity contribution in [3.63, 3.8) is 0 Å². The van der Waals surface area contributed by atoms with E-state index in [2.05, 4.69) is 13.8 Å². The molecule has 0 bridgehead atoms. The Kier molecular flexibility index (Phi) is 5.49. The molecule has 1 aliphatic rings. The maximum absolute atomic E-state index is 5.74. The van der Waals surface area contributed by atoms with Crippen molar-refractivity contribution in [1.82, 2.24) is 9.97 Å². The highest BCUT2D eigenvalue weighted by Gasteiger charge is 2.27. The standard InChI is InChI=1S/C16H27N3O/c1-11-14(9-10-17)12(2)19-16(18-11)15(20-3)13-7-5-4-6-8-13/h13,15H,4-10,17H2,1-3H3. The van der Waals surface area contributed by atoms with Crippen molar-refractivity contribution in [1.29, 1.82) is 0 Å². The molecule has 2 rings (SSSR count). The predicted molar refractivity (Wildman–Crippen MR) is 80.6 cm³/mol. The summed E-state index contributed by atoms with van der Waals surface area (Å²) in [6.07, 6.45) is 7.29. The summed E-state index contributed by atoms with van der Waals surface area (Å²) in [6, 6.07) is 0. The van der Waals surface area contributed by atoms with Gasteiger partial charge in [0, 0.05) is 18.5 Å². The number of aryl methyl sites for hydroxylation is 2. The van der Waals surface area contributed by atoms with Crippen molar-refractivity contribution in [2.75, 3.05) is 13.7 Å². The largest absolute Gasteiger partial charge is 0.373 e. The lowest BCUT2D eigenvalue weighted by molar-refractivity contribution is 0.0286. The third-order valence-electron chi connectivity index (χ3n) is 4.42. The van der Waals surface area contributed by atoms with Gasteiger partial charge in [0.05, 0.1) is 0 Å². The van der Waals surface area contributed by atoms with E-state index in [1.165, 1.54) is 37.7 Å². The fourth-order valence-corrected chi connectivity index (χ4v) is 3.34. The van der Waals surface area contributed by atoms with E-state index < -0.39 is 0 Å². The Morgan fingerprint density at radius 3 is 2.25 bits per heavy atom. The third-order valence-corrected chi connectivity index (χ3v) is 4.42. The highest BCUT2D eigenvalue weighted by atomic mass is 16.5. The van der Waals surface area contributed by atoms with Crippen LogP contribution in [-0.2, 0) is 11.2 Å². The molecule has 1 unspecified atom stereocenters. The zero-order valence-electron chi connectivity index (χ0n) is 13.0. The van der Waals surface area contributed by atoms with E-state index in [0.29, 0.717) is 12.5 Å². The molecule has 1 aromatic rings. The molecule has 1 saturated carbocycles. The Morgan fingerprint density at radius 1 is 1.15 bits per heavy atom. The molecule has 0 spiro atoms. The number of aromatic nitrogens is 2. The highest BCUT2D eigenvalue weighted by Crippen LogP contribution is 2.35. The first-order valence-corrected chi connectivity index (χ1v) is 7.74. The SMILES string of the molecule is COC(c1nc(C)c(CCN)c(C)n1)C1CCCCC1. The van der Waals surface area contributed by atoms with Crippen molar-refractivity contribution in [2.24, 2.45) is 11.7 Å². The summed E-state index contributed by atoms with van der Waals surface area (Å²) in [5.74, 6) is 1.42. The number of hydrogen-bond donors (Lipinski definition) is 1. The molecule has 0 saturated heterocycles. The van der Waals surface area contributed by atoms with Crippen LogP contribution in [0.15, 0.2) is 0 Å². The predicted octanol–water partition coefficient (Wildman–Crippen LogP) is 2.86. The molecule has 4 heteroatoms. The topological polar surface area (TPSA) is 61.0 Å². The average Bonchev–Trinajstić information content (AvgIpc) is 2.45. The highest BCUT2D eigenvalue weighted by molar-refractivity contribution is 5.25. The fraction of sp³-hybridized carbons (Fsp3) is 0.750. The van der Waals surface area contributed by atoms with E-state index in [9.17, 15) is 0 Å². The van der Waals surface area contributed by atoms with E-state index in [0.717, 1.165) is 23.6 Å². The molecule has 1 atom stereocenters. The average molecular weight is 277 g/mol. The molecule has 4 nitrogen and oxygen atoms in total. The number of ether oxygens (including phenoxy) is 1. The lowest BCUT2D eigenvalue weighted by Gasteiger charge is -2.28. The Balaban J connectivity index is 2.25. The first-order valence-electron chi connectivity index (χ1n) is 7.74. The normalized spacial score (nSPS) is 18.2. The fourth-order valence-electron chi connectivity index (χ4n) is 3.34. The summed E-state index contributed by atoms with van der Waals surface area (Å²) in [4.78, 5) is 9.41. The van der Waals surface area contributed by atoms with E-state index >= 15 is 0 Å². The molecule has 0 aliphatic heterocycles. The van der Waals surface area contributed by atoms with Crippen molar-refractivity contribution >= 4 is 0 Å². The zero-order valence-corrected chi connectivity index (χ0v) is 13.0. The lowest BCUT2D eigenvalue weighted by Crippen LogP contribution is -2.21.